The Hall–Kier alpha value is -0.410. The summed E-state index contributed by atoms with van der Waals surface area (Å²) in [5, 5.41) is 4.98. The first-order valence-corrected chi connectivity index (χ1v) is 6.69. The van der Waals surface area contributed by atoms with Crippen LogP contribution in [0.5, 0.6) is 0 Å². The number of rotatable bonds is 3. The van der Waals surface area contributed by atoms with Gasteiger partial charge in [0.25, 0.3) is 0 Å². The fourth-order valence-corrected chi connectivity index (χ4v) is 3.60. The highest BCUT2D eigenvalue weighted by molar-refractivity contribution is 7.11. The van der Waals surface area contributed by atoms with E-state index in [1.165, 1.54) is 41.3 Å². The van der Waals surface area contributed by atoms with Crippen molar-refractivity contribution in [2.45, 2.75) is 52.0 Å². The van der Waals surface area contributed by atoms with Crippen LogP contribution in [0, 0.1) is 13.8 Å². The summed E-state index contributed by atoms with van der Waals surface area (Å²) in [5.74, 6) is 0. The van der Waals surface area contributed by atoms with Gasteiger partial charge in [-0.2, -0.15) is 0 Å². The predicted molar refractivity (Wildman–Crippen MR) is 65.4 cm³/mol. The van der Waals surface area contributed by atoms with E-state index in [9.17, 15) is 0 Å². The number of nitrogens with zero attached hydrogens (tertiary/aromatic N) is 1. The van der Waals surface area contributed by atoms with Gasteiger partial charge in [0.05, 0.1) is 11.2 Å². The number of hydrogen-bond donors (Lipinski definition) is 1. The van der Waals surface area contributed by atoms with Gasteiger partial charge >= 0.3 is 0 Å². The zero-order valence-electron chi connectivity index (χ0n) is 9.89. The predicted octanol–water partition coefficient (Wildman–Crippen LogP) is 3.14. The molecule has 15 heavy (non-hydrogen) atoms. The molecule has 0 atom stereocenters. The molecule has 0 unspecified atom stereocenters. The molecule has 3 heteroatoms. The minimum Gasteiger partial charge on any atom is -0.306 e. The number of thiazole rings is 1. The van der Waals surface area contributed by atoms with E-state index in [4.69, 9.17) is 4.98 Å². The number of aromatic nitrogens is 1. The van der Waals surface area contributed by atoms with E-state index < -0.39 is 0 Å². The molecule has 1 saturated carbocycles. The molecule has 1 aromatic rings. The molecule has 2 nitrogen and oxygen atoms in total. The molecule has 0 aromatic carbocycles. The van der Waals surface area contributed by atoms with Crippen LogP contribution < -0.4 is 5.32 Å². The molecule has 0 aliphatic heterocycles. The molecule has 0 bridgehead atoms. The van der Waals surface area contributed by atoms with Crippen LogP contribution in [0.4, 0.5) is 0 Å². The van der Waals surface area contributed by atoms with Crippen molar-refractivity contribution in [3.63, 3.8) is 0 Å². The number of aryl methyl sites for hydroxylation is 2. The summed E-state index contributed by atoms with van der Waals surface area (Å²) >= 11 is 1.88. The van der Waals surface area contributed by atoms with Gasteiger partial charge in [-0.15, -0.1) is 11.3 Å². The van der Waals surface area contributed by atoms with Crippen molar-refractivity contribution in [1.82, 2.24) is 10.3 Å². The lowest BCUT2D eigenvalue weighted by Gasteiger charge is -2.27. The average Bonchev–Trinajstić information content (AvgIpc) is 2.77. The summed E-state index contributed by atoms with van der Waals surface area (Å²) in [6.45, 7) is 7.51. The van der Waals surface area contributed by atoms with Crippen molar-refractivity contribution in [1.29, 1.82) is 0 Å². The van der Waals surface area contributed by atoms with Crippen LogP contribution >= 0.6 is 11.3 Å². The third kappa shape index (κ3) is 1.95. The maximum atomic E-state index is 4.74. The largest absolute Gasteiger partial charge is 0.306 e. The average molecular weight is 224 g/mol. The lowest BCUT2D eigenvalue weighted by Crippen LogP contribution is -2.39. The van der Waals surface area contributed by atoms with Crippen molar-refractivity contribution >= 4 is 11.3 Å². The normalized spacial score (nSPS) is 19.7. The van der Waals surface area contributed by atoms with E-state index >= 15 is 0 Å². The standard InChI is InChI=1S/C12H20N2S/c1-4-13-12(7-5-6-8-12)11-14-9(2)10(3)15-11/h13H,4-8H2,1-3H3. The van der Waals surface area contributed by atoms with Crippen LogP contribution in [0.1, 0.15) is 48.2 Å². The Balaban J connectivity index is 2.31. The summed E-state index contributed by atoms with van der Waals surface area (Å²) in [4.78, 5) is 6.11. The molecular weight excluding hydrogens is 204 g/mol. The van der Waals surface area contributed by atoms with E-state index in [-0.39, 0.29) is 5.54 Å². The van der Waals surface area contributed by atoms with Gasteiger partial charge in [0, 0.05) is 4.88 Å². The van der Waals surface area contributed by atoms with Gasteiger partial charge in [0.2, 0.25) is 0 Å². The van der Waals surface area contributed by atoms with Crippen LogP contribution in [0.3, 0.4) is 0 Å². The van der Waals surface area contributed by atoms with Crippen LogP contribution in [-0.4, -0.2) is 11.5 Å². The zero-order chi connectivity index (χ0) is 10.9. The molecule has 0 radical (unpaired) electrons. The van der Waals surface area contributed by atoms with E-state index in [2.05, 4.69) is 26.1 Å². The van der Waals surface area contributed by atoms with Gasteiger partial charge in [-0.25, -0.2) is 4.98 Å². The zero-order valence-corrected chi connectivity index (χ0v) is 10.7. The molecule has 1 aliphatic rings. The first-order valence-electron chi connectivity index (χ1n) is 5.87. The maximum Gasteiger partial charge on any atom is 0.113 e. The summed E-state index contributed by atoms with van der Waals surface area (Å²) in [6.07, 6.45) is 5.19. The van der Waals surface area contributed by atoms with Crippen molar-refractivity contribution in [3.8, 4) is 0 Å². The molecule has 1 N–H and O–H groups in total. The van der Waals surface area contributed by atoms with Crippen LogP contribution in [-0.2, 0) is 5.54 Å². The Morgan fingerprint density at radius 2 is 2.00 bits per heavy atom. The quantitative estimate of drug-likeness (QED) is 0.853. The summed E-state index contributed by atoms with van der Waals surface area (Å²) in [6, 6.07) is 0. The third-order valence-corrected chi connectivity index (χ3v) is 4.69. The molecule has 2 rings (SSSR count). The molecule has 0 amide bonds. The minimum absolute atomic E-state index is 0.207. The molecule has 1 aliphatic carbocycles. The van der Waals surface area contributed by atoms with Crippen molar-refractivity contribution < 1.29 is 0 Å². The monoisotopic (exact) mass is 224 g/mol. The van der Waals surface area contributed by atoms with Gasteiger partial charge in [-0.05, 0) is 33.2 Å². The van der Waals surface area contributed by atoms with Crippen molar-refractivity contribution in [3.05, 3.63) is 15.6 Å². The summed E-state index contributed by atoms with van der Waals surface area (Å²) < 4.78 is 0. The number of nitrogens with one attached hydrogen (secondary N) is 1. The summed E-state index contributed by atoms with van der Waals surface area (Å²) in [5.41, 5.74) is 1.41. The lowest BCUT2D eigenvalue weighted by molar-refractivity contribution is 0.348. The van der Waals surface area contributed by atoms with Crippen LogP contribution in [0.25, 0.3) is 0 Å². The maximum absolute atomic E-state index is 4.74. The highest BCUT2D eigenvalue weighted by Crippen LogP contribution is 2.40. The Labute approximate surface area is 96.1 Å². The Morgan fingerprint density at radius 3 is 2.47 bits per heavy atom. The van der Waals surface area contributed by atoms with E-state index in [1.807, 2.05) is 11.3 Å². The van der Waals surface area contributed by atoms with Crippen molar-refractivity contribution in [2.75, 3.05) is 6.54 Å². The first-order chi connectivity index (χ1) is 7.18. The Bertz CT molecular complexity index is 318. The second-order valence-corrected chi connectivity index (χ2v) is 5.68. The highest BCUT2D eigenvalue weighted by Gasteiger charge is 2.37. The van der Waals surface area contributed by atoms with E-state index in [0.29, 0.717) is 0 Å². The molecule has 0 spiro atoms. The highest BCUT2D eigenvalue weighted by atomic mass is 32.1. The van der Waals surface area contributed by atoms with E-state index in [1.54, 1.807) is 0 Å². The number of hydrogen-bond acceptors (Lipinski definition) is 3. The second kappa shape index (κ2) is 4.22. The fourth-order valence-electron chi connectivity index (χ4n) is 2.46. The van der Waals surface area contributed by atoms with Gasteiger partial charge in [0.1, 0.15) is 5.01 Å². The summed E-state index contributed by atoms with van der Waals surface area (Å²) in [7, 11) is 0. The van der Waals surface area contributed by atoms with Gasteiger partial charge in [-0.1, -0.05) is 19.8 Å². The smallest absolute Gasteiger partial charge is 0.113 e. The van der Waals surface area contributed by atoms with Gasteiger partial charge < -0.3 is 5.32 Å². The topological polar surface area (TPSA) is 24.9 Å². The third-order valence-electron chi connectivity index (χ3n) is 3.41. The first kappa shape index (κ1) is 11.1. The van der Waals surface area contributed by atoms with Gasteiger partial charge in [-0.3, -0.25) is 0 Å². The van der Waals surface area contributed by atoms with Gasteiger partial charge in [0.15, 0.2) is 0 Å². The van der Waals surface area contributed by atoms with Crippen molar-refractivity contribution in [2.24, 2.45) is 0 Å². The molecule has 1 heterocycles. The minimum atomic E-state index is 0.207. The molecule has 84 valence electrons. The van der Waals surface area contributed by atoms with Crippen LogP contribution in [0.2, 0.25) is 0 Å². The van der Waals surface area contributed by atoms with Crippen LogP contribution in [0.15, 0.2) is 0 Å². The fraction of sp³-hybridized carbons (Fsp3) is 0.750. The SMILES string of the molecule is CCNC1(c2nc(C)c(C)s2)CCCC1. The Kier molecular flexibility index (Phi) is 3.12. The lowest BCUT2D eigenvalue weighted by atomic mass is 9.98. The molecule has 1 aromatic heterocycles. The second-order valence-electron chi connectivity index (χ2n) is 4.48. The molecule has 1 fully saturated rings. The molecular formula is C12H20N2S. The molecule has 0 saturated heterocycles. The van der Waals surface area contributed by atoms with E-state index in [0.717, 1.165) is 6.54 Å². The Morgan fingerprint density at radius 1 is 1.33 bits per heavy atom.